The Kier molecular flexibility index (Phi) is 7.04. The fraction of sp³-hybridized carbons (Fsp3) is 0.333. The lowest BCUT2D eigenvalue weighted by atomic mass is 10.0. The van der Waals surface area contributed by atoms with E-state index in [0.717, 1.165) is 72.3 Å². The number of benzene rings is 1. The summed E-state index contributed by atoms with van der Waals surface area (Å²) in [7, 11) is 3.97. The summed E-state index contributed by atoms with van der Waals surface area (Å²) in [6, 6.07) is 11.8. The molecule has 1 aromatic carbocycles. The molecule has 3 N–H and O–H groups in total. The van der Waals surface area contributed by atoms with E-state index in [2.05, 4.69) is 36.4 Å². The number of piperidine rings is 1. The first kappa shape index (κ1) is 24.1. The number of carbonyl (C=O) groups is 1. The summed E-state index contributed by atoms with van der Waals surface area (Å²) in [5, 5.41) is 20.6. The van der Waals surface area contributed by atoms with Crippen LogP contribution in [-0.4, -0.2) is 74.3 Å². The maximum atomic E-state index is 13.0. The number of nitrogens with zero attached hydrogens (tertiary/aromatic N) is 5. The highest BCUT2D eigenvalue weighted by molar-refractivity contribution is 6.11. The van der Waals surface area contributed by atoms with E-state index in [4.69, 9.17) is 0 Å². The smallest absolute Gasteiger partial charge is 0.276 e. The first-order valence-electron chi connectivity index (χ1n) is 12.2. The van der Waals surface area contributed by atoms with Gasteiger partial charge in [0.1, 0.15) is 0 Å². The Morgan fingerprint density at radius 1 is 1.11 bits per heavy atom. The summed E-state index contributed by atoms with van der Waals surface area (Å²) in [4.78, 5) is 26.3. The van der Waals surface area contributed by atoms with Gasteiger partial charge in [0.25, 0.3) is 5.91 Å². The van der Waals surface area contributed by atoms with Crippen LogP contribution < -0.4 is 5.32 Å². The van der Waals surface area contributed by atoms with Gasteiger partial charge in [-0.3, -0.25) is 24.8 Å². The van der Waals surface area contributed by atoms with E-state index >= 15 is 0 Å². The van der Waals surface area contributed by atoms with Gasteiger partial charge in [0.05, 0.1) is 29.2 Å². The van der Waals surface area contributed by atoms with Crippen molar-refractivity contribution in [3.63, 3.8) is 0 Å². The molecule has 4 heterocycles. The first-order chi connectivity index (χ1) is 17.4. The minimum absolute atomic E-state index is 0.183. The number of rotatable bonds is 7. The minimum atomic E-state index is -0.292. The van der Waals surface area contributed by atoms with E-state index in [1.165, 1.54) is 0 Å². The monoisotopic (exact) mass is 485 g/mol. The highest BCUT2D eigenvalue weighted by atomic mass is 16.3. The number of aromatic nitrogens is 4. The number of H-pyrrole nitrogens is 1. The molecule has 1 aliphatic rings. The van der Waals surface area contributed by atoms with Gasteiger partial charge in [0.15, 0.2) is 5.69 Å². The number of aromatic amines is 1. The summed E-state index contributed by atoms with van der Waals surface area (Å²) in [6.45, 7) is 3.31. The summed E-state index contributed by atoms with van der Waals surface area (Å²) < 4.78 is 0. The highest BCUT2D eigenvalue weighted by Crippen LogP contribution is 2.27. The van der Waals surface area contributed by atoms with Crippen LogP contribution in [0.2, 0.25) is 0 Å². The molecule has 186 valence electrons. The number of pyridine rings is 2. The highest BCUT2D eigenvalue weighted by Gasteiger charge is 2.18. The van der Waals surface area contributed by atoms with Crippen LogP contribution in [0.1, 0.15) is 34.6 Å². The zero-order valence-corrected chi connectivity index (χ0v) is 20.6. The Morgan fingerprint density at radius 2 is 1.94 bits per heavy atom. The second-order valence-electron chi connectivity index (χ2n) is 9.65. The molecule has 4 aromatic rings. The third-order valence-corrected chi connectivity index (χ3v) is 6.43. The number of likely N-dealkylation sites (tertiary alicyclic amines) is 1. The van der Waals surface area contributed by atoms with Crippen molar-refractivity contribution >= 4 is 22.5 Å². The van der Waals surface area contributed by atoms with Gasteiger partial charge in [-0.15, -0.1) is 0 Å². The Hall–Kier alpha value is -3.66. The molecule has 0 saturated carbocycles. The molecular weight excluding hydrogens is 454 g/mol. The van der Waals surface area contributed by atoms with Crippen molar-refractivity contribution in [3.8, 4) is 11.1 Å². The first-order valence-corrected chi connectivity index (χ1v) is 12.2. The molecule has 1 saturated heterocycles. The molecule has 0 bridgehead atoms. The number of hydrogen-bond acceptors (Lipinski definition) is 7. The standard InChI is InChI=1S/C27H31N7O2/c1-33(2)17-22-5-4-21(15-29-22)30-27(36)26-24-12-19(3-6-25(24)31-32-26)20-11-18(13-28-14-20)16-34-9-7-23(35)8-10-34/h3-6,11-15,23,35H,7-10,16-17H2,1-2H3,(H,30,36)(H,31,32). The van der Waals surface area contributed by atoms with E-state index in [9.17, 15) is 9.90 Å². The number of amides is 1. The lowest BCUT2D eigenvalue weighted by molar-refractivity contribution is 0.0792. The number of fused-ring (bicyclic) bond motifs is 1. The second kappa shape index (κ2) is 10.5. The quantitative estimate of drug-likeness (QED) is 0.368. The third-order valence-electron chi connectivity index (χ3n) is 6.43. The lowest BCUT2D eigenvalue weighted by Gasteiger charge is -2.29. The van der Waals surface area contributed by atoms with Crippen molar-refractivity contribution in [2.45, 2.75) is 32.0 Å². The van der Waals surface area contributed by atoms with E-state index in [1.807, 2.05) is 61.7 Å². The van der Waals surface area contributed by atoms with Crippen LogP contribution >= 0.6 is 0 Å². The van der Waals surface area contributed by atoms with Crippen LogP contribution in [-0.2, 0) is 13.1 Å². The zero-order chi connectivity index (χ0) is 25.1. The van der Waals surface area contributed by atoms with Crippen LogP contribution in [0.5, 0.6) is 0 Å². The average Bonchev–Trinajstić information content (AvgIpc) is 3.30. The van der Waals surface area contributed by atoms with Gasteiger partial charge in [0.2, 0.25) is 0 Å². The van der Waals surface area contributed by atoms with Gasteiger partial charge in [-0.1, -0.05) is 6.07 Å². The van der Waals surface area contributed by atoms with Crippen LogP contribution in [0.15, 0.2) is 55.0 Å². The number of carbonyl (C=O) groups excluding carboxylic acids is 1. The number of hydrogen-bond donors (Lipinski definition) is 3. The predicted octanol–water partition coefficient (Wildman–Crippen LogP) is 3.29. The van der Waals surface area contributed by atoms with Gasteiger partial charge < -0.3 is 15.3 Å². The normalized spacial score (nSPS) is 15.0. The molecule has 36 heavy (non-hydrogen) atoms. The molecule has 0 unspecified atom stereocenters. The van der Waals surface area contributed by atoms with Crippen molar-refractivity contribution in [1.82, 2.24) is 30.0 Å². The Labute approximate surface area is 210 Å². The van der Waals surface area contributed by atoms with Crippen LogP contribution in [0, 0.1) is 0 Å². The van der Waals surface area contributed by atoms with Crippen LogP contribution in [0.3, 0.4) is 0 Å². The third kappa shape index (κ3) is 5.59. The fourth-order valence-electron chi connectivity index (χ4n) is 4.54. The molecule has 1 aliphatic heterocycles. The summed E-state index contributed by atoms with van der Waals surface area (Å²) in [6.07, 6.45) is 6.83. The largest absolute Gasteiger partial charge is 0.393 e. The molecule has 3 aromatic heterocycles. The van der Waals surface area contributed by atoms with Crippen molar-refractivity contribution in [2.24, 2.45) is 0 Å². The maximum Gasteiger partial charge on any atom is 0.276 e. The van der Waals surface area contributed by atoms with E-state index in [1.54, 1.807) is 6.20 Å². The predicted molar refractivity (Wildman–Crippen MR) is 139 cm³/mol. The number of aliphatic hydroxyl groups excluding tert-OH is 1. The molecule has 1 amide bonds. The van der Waals surface area contributed by atoms with Gasteiger partial charge in [-0.2, -0.15) is 5.10 Å². The second-order valence-corrected chi connectivity index (χ2v) is 9.65. The summed E-state index contributed by atoms with van der Waals surface area (Å²) in [5.41, 5.74) is 5.76. The molecule has 0 spiro atoms. The number of nitrogens with one attached hydrogen (secondary N) is 2. The van der Waals surface area contributed by atoms with Crippen molar-refractivity contribution in [1.29, 1.82) is 0 Å². The van der Waals surface area contributed by atoms with E-state index in [-0.39, 0.29) is 12.0 Å². The summed E-state index contributed by atoms with van der Waals surface area (Å²) in [5.74, 6) is -0.292. The molecule has 9 nitrogen and oxygen atoms in total. The van der Waals surface area contributed by atoms with E-state index < -0.39 is 0 Å². The average molecular weight is 486 g/mol. The number of aliphatic hydroxyl groups is 1. The molecule has 1 fully saturated rings. The van der Waals surface area contributed by atoms with Crippen molar-refractivity contribution < 1.29 is 9.90 Å². The Bertz CT molecular complexity index is 1340. The molecule has 0 aliphatic carbocycles. The molecular formula is C27H31N7O2. The molecule has 0 radical (unpaired) electrons. The van der Waals surface area contributed by atoms with Gasteiger partial charge in [-0.25, -0.2) is 0 Å². The topological polar surface area (TPSA) is 110 Å². The Morgan fingerprint density at radius 3 is 2.69 bits per heavy atom. The summed E-state index contributed by atoms with van der Waals surface area (Å²) >= 11 is 0. The van der Waals surface area contributed by atoms with E-state index in [0.29, 0.717) is 11.4 Å². The lowest BCUT2D eigenvalue weighted by Crippen LogP contribution is -2.35. The SMILES string of the molecule is CN(C)Cc1ccc(NC(=O)c2n[nH]c3ccc(-c4cncc(CN5CCC(O)CC5)c4)cc23)cn1. The van der Waals surface area contributed by atoms with Gasteiger partial charge in [0, 0.05) is 49.5 Å². The minimum Gasteiger partial charge on any atom is -0.393 e. The molecule has 5 rings (SSSR count). The zero-order valence-electron chi connectivity index (χ0n) is 20.6. The molecule has 9 heteroatoms. The fourth-order valence-corrected chi connectivity index (χ4v) is 4.54. The van der Waals surface area contributed by atoms with Gasteiger partial charge >= 0.3 is 0 Å². The maximum absolute atomic E-state index is 13.0. The van der Waals surface area contributed by atoms with Gasteiger partial charge in [-0.05, 0) is 68.4 Å². The van der Waals surface area contributed by atoms with Crippen LogP contribution in [0.25, 0.3) is 22.0 Å². The van der Waals surface area contributed by atoms with Crippen molar-refractivity contribution in [3.05, 3.63) is 71.9 Å². The molecule has 0 atom stereocenters. The number of anilines is 1. The Balaban J connectivity index is 1.33. The van der Waals surface area contributed by atoms with Crippen LogP contribution in [0.4, 0.5) is 5.69 Å². The van der Waals surface area contributed by atoms with Crippen molar-refractivity contribution in [2.75, 3.05) is 32.5 Å².